The van der Waals surface area contributed by atoms with Crippen LogP contribution in [0.5, 0.6) is 0 Å². The van der Waals surface area contributed by atoms with Crippen molar-refractivity contribution in [3.05, 3.63) is 23.7 Å². The van der Waals surface area contributed by atoms with E-state index >= 15 is 0 Å². The van der Waals surface area contributed by atoms with Gasteiger partial charge in [0.05, 0.1) is 6.54 Å². The minimum Gasteiger partial charge on any atom is -0.475 e. The lowest BCUT2D eigenvalue weighted by Gasteiger charge is -2.20. The first-order valence-electron chi connectivity index (χ1n) is 6.94. The first-order valence-corrected chi connectivity index (χ1v) is 6.94. The molecule has 2 amide bonds. The Kier molecular flexibility index (Phi) is 6.74. The van der Waals surface area contributed by atoms with Crippen molar-refractivity contribution < 1.29 is 19.1 Å². The van der Waals surface area contributed by atoms with Gasteiger partial charge < -0.3 is 25.1 Å². The van der Waals surface area contributed by atoms with Gasteiger partial charge in [-0.05, 0) is 46.0 Å². The molecule has 3 N–H and O–H groups in total. The number of hydrogen-bond donors (Lipinski definition) is 3. The molecule has 0 saturated carbocycles. The molecule has 0 aromatic carbocycles. The van der Waals surface area contributed by atoms with E-state index in [-0.39, 0.29) is 18.3 Å². The molecule has 1 heterocycles. The maximum Gasteiger partial charge on any atom is 0.371 e. The van der Waals surface area contributed by atoms with Crippen LogP contribution in [-0.2, 0) is 6.54 Å². The molecule has 0 aliphatic heterocycles. The fourth-order valence-corrected chi connectivity index (χ4v) is 1.61. The van der Waals surface area contributed by atoms with E-state index in [2.05, 4.69) is 29.4 Å². The molecule has 0 fully saturated rings. The highest BCUT2D eigenvalue weighted by molar-refractivity contribution is 5.84. The number of nitrogens with zero attached hydrogens (tertiary/aromatic N) is 1. The highest BCUT2D eigenvalue weighted by Gasteiger charge is 2.09. The van der Waals surface area contributed by atoms with Crippen molar-refractivity contribution in [2.24, 2.45) is 0 Å². The average molecular weight is 297 g/mol. The second-order valence-corrected chi connectivity index (χ2v) is 5.11. The smallest absolute Gasteiger partial charge is 0.371 e. The van der Waals surface area contributed by atoms with Crippen LogP contribution in [0.25, 0.3) is 0 Å². The normalized spacial score (nSPS) is 10.9. The molecule has 0 aliphatic rings. The van der Waals surface area contributed by atoms with E-state index in [1.54, 1.807) is 0 Å². The van der Waals surface area contributed by atoms with Crippen molar-refractivity contribution in [2.45, 2.75) is 32.9 Å². The van der Waals surface area contributed by atoms with Gasteiger partial charge in [-0.1, -0.05) is 0 Å². The van der Waals surface area contributed by atoms with Gasteiger partial charge in [0.1, 0.15) is 5.76 Å². The Morgan fingerprint density at radius 2 is 2.05 bits per heavy atom. The van der Waals surface area contributed by atoms with Gasteiger partial charge in [0.15, 0.2) is 0 Å². The van der Waals surface area contributed by atoms with E-state index in [0.717, 1.165) is 13.0 Å². The highest BCUT2D eigenvalue weighted by Crippen LogP contribution is 2.07. The summed E-state index contributed by atoms with van der Waals surface area (Å²) in [5.74, 6) is -0.856. The Labute approximate surface area is 124 Å². The Bertz CT molecular complexity index is 471. The predicted molar refractivity (Wildman–Crippen MR) is 78.3 cm³/mol. The zero-order valence-electron chi connectivity index (χ0n) is 12.7. The SMILES string of the molecule is CC(C)N(C)CCCNC(=O)NCc1ccc(C(=O)O)o1. The summed E-state index contributed by atoms with van der Waals surface area (Å²) < 4.78 is 5.03. The Balaban J connectivity index is 2.17. The number of carbonyl (C=O) groups excluding carboxylic acids is 1. The number of nitrogens with one attached hydrogen (secondary N) is 2. The molecule has 7 heteroatoms. The van der Waals surface area contributed by atoms with Gasteiger partial charge in [-0.3, -0.25) is 0 Å². The van der Waals surface area contributed by atoms with E-state index < -0.39 is 5.97 Å². The molecule has 0 unspecified atom stereocenters. The Hall–Kier alpha value is -2.02. The van der Waals surface area contributed by atoms with E-state index in [0.29, 0.717) is 18.3 Å². The van der Waals surface area contributed by atoms with Gasteiger partial charge in [0.2, 0.25) is 5.76 Å². The topological polar surface area (TPSA) is 94.8 Å². The van der Waals surface area contributed by atoms with Gasteiger partial charge in [0.25, 0.3) is 0 Å². The summed E-state index contributed by atoms with van der Waals surface area (Å²) in [6.45, 7) is 5.90. The first kappa shape index (κ1) is 17.0. The van der Waals surface area contributed by atoms with Gasteiger partial charge >= 0.3 is 12.0 Å². The number of aromatic carboxylic acids is 1. The van der Waals surface area contributed by atoms with Gasteiger partial charge in [0, 0.05) is 12.6 Å². The minimum absolute atomic E-state index is 0.135. The lowest BCUT2D eigenvalue weighted by molar-refractivity contribution is 0.0660. The zero-order valence-corrected chi connectivity index (χ0v) is 12.7. The third kappa shape index (κ3) is 6.31. The number of carboxylic acids is 1. The number of rotatable bonds is 8. The number of carbonyl (C=O) groups is 2. The quantitative estimate of drug-likeness (QED) is 0.632. The molecule has 21 heavy (non-hydrogen) atoms. The zero-order chi connectivity index (χ0) is 15.8. The summed E-state index contributed by atoms with van der Waals surface area (Å²) in [5.41, 5.74) is 0. The maximum atomic E-state index is 11.5. The molecular weight excluding hydrogens is 274 g/mol. The molecular formula is C14H23N3O4. The Morgan fingerprint density at radius 3 is 2.62 bits per heavy atom. The number of amides is 2. The standard InChI is InChI=1S/C14H23N3O4/c1-10(2)17(3)8-4-7-15-14(20)16-9-11-5-6-12(21-11)13(18)19/h5-6,10H,4,7-9H2,1-3H3,(H,18,19)(H2,15,16,20). The molecule has 0 aliphatic carbocycles. The molecule has 1 rings (SSSR count). The van der Waals surface area contributed by atoms with Crippen LogP contribution < -0.4 is 10.6 Å². The van der Waals surface area contributed by atoms with Crippen molar-refractivity contribution in [2.75, 3.05) is 20.1 Å². The van der Waals surface area contributed by atoms with Crippen molar-refractivity contribution in [1.29, 1.82) is 0 Å². The molecule has 0 bridgehead atoms. The van der Waals surface area contributed by atoms with E-state index in [4.69, 9.17) is 9.52 Å². The second-order valence-electron chi connectivity index (χ2n) is 5.11. The van der Waals surface area contributed by atoms with Crippen LogP contribution in [0.1, 0.15) is 36.6 Å². The molecule has 0 atom stereocenters. The number of hydrogen-bond acceptors (Lipinski definition) is 4. The number of carboxylic acid groups (broad SMARTS) is 1. The molecule has 0 spiro atoms. The van der Waals surface area contributed by atoms with E-state index in [1.165, 1.54) is 12.1 Å². The molecule has 0 saturated heterocycles. The van der Waals surface area contributed by atoms with Crippen LogP contribution >= 0.6 is 0 Å². The maximum absolute atomic E-state index is 11.5. The summed E-state index contributed by atoms with van der Waals surface area (Å²) in [5, 5.41) is 14.1. The monoisotopic (exact) mass is 297 g/mol. The predicted octanol–water partition coefficient (Wildman–Crippen LogP) is 1.51. The second kappa shape index (κ2) is 8.31. The van der Waals surface area contributed by atoms with Crippen LogP contribution in [0.3, 0.4) is 0 Å². The lowest BCUT2D eigenvalue weighted by atomic mass is 10.3. The van der Waals surface area contributed by atoms with Crippen LogP contribution in [0.15, 0.2) is 16.5 Å². The summed E-state index contributed by atoms with van der Waals surface area (Å²) >= 11 is 0. The van der Waals surface area contributed by atoms with Crippen molar-refractivity contribution in [3.63, 3.8) is 0 Å². The molecule has 118 valence electrons. The summed E-state index contributed by atoms with van der Waals surface area (Å²) in [7, 11) is 2.04. The summed E-state index contributed by atoms with van der Waals surface area (Å²) in [4.78, 5) is 24.4. The number of furan rings is 1. The van der Waals surface area contributed by atoms with Crippen LogP contribution in [-0.4, -0.2) is 48.2 Å². The highest BCUT2D eigenvalue weighted by atomic mass is 16.4. The van der Waals surface area contributed by atoms with Crippen LogP contribution in [0.2, 0.25) is 0 Å². The summed E-state index contributed by atoms with van der Waals surface area (Å²) in [6.07, 6.45) is 0.867. The lowest BCUT2D eigenvalue weighted by Crippen LogP contribution is -2.37. The first-order chi connectivity index (χ1) is 9.90. The molecule has 1 aromatic heterocycles. The van der Waals surface area contributed by atoms with Gasteiger partial charge in [-0.25, -0.2) is 9.59 Å². The number of urea groups is 1. The van der Waals surface area contributed by atoms with Gasteiger partial charge in [-0.2, -0.15) is 0 Å². The van der Waals surface area contributed by atoms with Crippen LogP contribution in [0, 0.1) is 0 Å². The van der Waals surface area contributed by atoms with E-state index in [1.807, 2.05) is 7.05 Å². The minimum atomic E-state index is -1.13. The molecule has 7 nitrogen and oxygen atoms in total. The largest absolute Gasteiger partial charge is 0.475 e. The van der Waals surface area contributed by atoms with E-state index in [9.17, 15) is 9.59 Å². The van der Waals surface area contributed by atoms with Gasteiger partial charge in [-0.15, -0.1) is 0 Å². The van der Waals surface area contributed by atoms with Crippen molar-refractivity contribution >= 4 is 12.0 Å². The third-order valence-corrected chi connectivity index (χ3v) is 3.15. The molecule has 0 radical (unpaired) electrons. The fourth-order valence-electron chi connectivity index (χ4n) is 1.61. The molecule has 1 aromatic rings. The summed E-state index contributed by atoms with van der Waals surface area (Å²) in [6, 6.07) is 3.08. The Morgan fingerprint density at radius 1 is 1.33 bits per heavy atom. The van der Waals surface area contributed by atoms with Crippen molar-refractivity contribution in [3.8, 4) is 0 Å². The fraction of sp³-hybridized carbons (Fsp3) is 0.571. The van der Waals surface area contributed by atoms with Crippen molar-refractivity contribution in [1.82, 2.24) is 15.5 Å². The van der Waals surface area contributed by atoms with Crippen LogP contribution in [0.4, 0.5) is 4.79 Å². The third-order valence-electron chi connectivity index (χ3n) is 3.15. The average Bonchev–Trinajstić information content (AvgIpc) is 2.90.